The molecule has 0 aliphatic carbocycles. The van der Waals surface area contributed by atoms with Crippen LogP contribution in [0.1, 0.15) is 16.7 Å². The van der Waals surface area contributed by atoms with Crippen LogP contribution >= 0.6 is 11.6 Å². The molecule has 0 unspecified atom stereocenters. The molecule has 4 aromatic carbocycles. The van der Waals surface area contributed by atoms with Crippen molar-refractivity contribution in [3.8, 4) is 5.75 Å². The van der Waals surface area contributed by atoms with Crippen molar-refractivity contribution in [3.05, 3.63) is 111 Å². The van der Waals surface area contributed by atoms with E-state index in [-0.39, 0.29) is 12.3 Å². The van der Waals surface area contributed by atoms with E-state index in [1.807, 2.05) is 61.5 Å². The van der Waals surface area contributed by atoms with Crippen molar-refractivity contribution in [1.82, 2.24) is 0 Å². The SMILES string of the molecule is Cc1ccc(Cl)cc1N=Cc1c(OCc2ccc([N+](=O)[O-])cc2)ccc2ccccc12. The molecule has 0 aromatic heterocycles. The fraction of sp³-hybridized carbons (Fsp3) is 0.0800. The standard InChI is InChI=1S/C25H19ClN2O3/c1-17-6-10-20(26)14-24(17)27-15-23-22-5-3-2-4-19(22)9-13-25(23)31-16-18-7-11-21(12-8-18)28(29)30/h2-15H,16H2,1H3. The maximum atomic E-state index is 10.8. The normalized spacial score (nSPS) is 11.2. The molecule has 6 heteroatoms. The first-order valence-corrected chi connectivity index (χ1v) is 10.1. The Balaban J connectivity index is 1.67. The van der Waals surface area contributed by atoms with Crippen LogP contribution in [-0.2, 0) is 6.61 Å². The zero-order valence-electron chi connectivity index (χ0n) is 16.8. The molecule has 0 spiro atoms. The molecule has 0 saturated heterocycles. The molecule has 0 bridgehead atoms. The summed E-state index contributed by atoms with van der Waals surface area (Å²) in [6, 6.07) is 23.9. The predicted molar refractivity (Wildman–Crippen MR) is 125 cm³/mol. The highest BCUT2D eigenvalue weighted by Gasteiger charge is 2.09. The molecule has 0 saturated carbocycles. The number of aryl methyl sites for hydroxylation is 1. The third-order valence-corrected chi connectivity index (χ3v) is 5.21. The third kappa shape index (κ3) is 4.73. The van der Waals surface area contributed by atoms with Crippen LogP contribution in [0.25, 0.3) is 10.8 Å². The summed E-state index contributed by atoms with van der Waals surface area (Å²) in [6.45, 7) is 2.27. The second-order valence-electron chi connectivity index (χ2n) is 7.10. The largest absolute Gasteiger partial charge is 0.488 e. The number of ether oxygens (including phenoxy) is 1. The summed E-state index contributed by atoms with van der Waals surface area (Å²) in [5, 5.41) is 13.6. The zero-order chi connectivity index (χ0) is 21.8. The van der Waals surface area contributed by atoms with Crippen LogP contribution < -0.4 is 4.74 Å². The first kappa shape index (κ1) is 20.6. The molecule has 4 aromatic rings. The quantitative estimate of drug-likeness (QED) is 0.187. The fourth-order valence-electron chi connectivity index (χ4n) is 3.27. The van der Waals surface area contributed by atoms with E-state index in [1.165, 1.54) is 12.1 Å². The van der Waals surface area contributed by atoms with Crippen LogP contribution in [0, 0.1) is 17.0 Å². The second kappa shape index (κ2) is 8.98. The molecule has 4 rings (SSSR count). The molecule has 154 valence electrons. The molecule has 0 aliphatic heterocycles. The van der Waals surface area contributed by atoms with Gasteiger partial charge in [0.2, 0.25) is 0 Å². The van der Waals surface area contributed by atoms with E-state index in [0.717, 1.165) is 33.2 Å². The number of aliphatic imine (C=N–C) groups is 1. The Labute approximate surface area is 184 Å². The molecule has 0 fully saturated rings. The highest BCUT2D eigenvalue weighted by atomic mass is 35.5. The number of hydrogen-bond acceptors (Lipinski definition) is 4. The highest BCUT2D eigenvalue weighted by molar-refractivity contribution is 6.30. The predicted octanol–water partition coefficient (Wildman–Crippen LogP) is 7.04. The molecule has 0 atom stereocenters. The van der Waals surface area contributed by atoms with E-state index >= 15 is 0 Å². The van der Waals surface area contributed by atoms with Crippen molar-refractivity contribution in [2.45, 2.75) is 13.5 Å². The lowest BCUT2D eigenvalue weighted by atomic mass is 10.0. The second-order valence-corrected chi connectivity index (χ2v) is 7.54. The molecule has 0 aliphatic rings. The smallest absolute Gasteiger partial charge is 0.269 e. The summed E-state index contributed by atoms with van der Waals surface area (Å²) in [4.78, 5) is 15.1. The Morgan fingerprint density at radius 1 is 1.03 bits per heavy atom. The van der Waals surface area contributed by atoms with E-state index in [0.29, 0.717) is 10.8 Å². The monoisotopic (exact) mass is 430 g/mol. The summed E-state index contributed by atoms with van der Waals surface area (Å²) < 4.78 is 6.09. The van der Waals surface area contributed by atoms with Gasteiger partial charge in [0.15, 0.2) is 0 Å². The van der Waals surface area contributed by atoms with E-state index in [2.05, 4.69) is 4.99 Å². The van der Waals surface area contributed by atoms with Gasteiger partial charge in [-0.2, -0.15) is 0 Å². The number of nitro benzene ring substituents is 1. The van der Waals surface area contributed by atoms with E-state index in [1.54, 1.807) is 18.3 Å². The van der Waals surface area contributed by atoms with Gasteiger partial charge < -0.3 is 4.74 Å². The Hall–Kier alpha value is -3.70. The highest BCUT2D eigenvalue weighted by Crippen LogP contribution is 2.29. The Kier molecular flexibility index (Phi) is 5.96. The number of halogens is 1. The topological polar surface area (TPSA) is 64.7 Å². The summed E-state index contributed by atoms with van der Waals surface area (Å²) in [7, 11) is 0. The molecular weight excluding hydrogens is 412 g/mol. The van der Waals surface area contributed by atoms with Gasteiger partial charge in [-0.1, -0.05) is 48.0 Å². The molecular formula is C25H19ClN2O3. The van der Waals surface area contributed by atoms with Gasteiger partial charge in [-0.3, -0.25) is 15.1 Å². The van der Waals surface area contributed by atoms with Gasteiger partial charge in [0.25, 0.3) is 5.69 Å². The summed E-state index contributed by atoms with van der Waals surface area (Å²) in [5.74, 6) is 0.681. The molecule has 0 N–H and O–H groups in total. The molecule has 0 heterocycles. The Bertz CT molecular complexity index is 1280. The van der Waals surface area contributed by atoms with Gasteiger partial charge in [-0.25, -0.2) is 0 Å². The molecule has 31 heavy (non-hydrogen) atoms. The van der Waals surface area contributed by atoms with Crippen molar-refractivity contribution >= 4 is 40.0 Å². The van der Waals surface area contributed by atoms with E-state index < -0.39 is 4.92 Å². The molecule has 5 nitrogen and oxygen atoms in total. The summed E-state index contributed by atoms with van der Waals surface area (Å²) in [5.41, 5.74) is 3.57. The van der Waals surface area contributed by atoms with Crippen LogP contribution in [0.2, 0.25) is 5.02 Å². The minimum Gasteiger partial charge on any atom is -0.488 e. The van der Waals surface area contributed by atoms with Crippen molar-refractivity contribution < 1.29 is 9.66 Å². The van der Waals surface area contributed by atoms with E-state index in [9.17, 15) is 10.1 Å². The fourth-order valence-corrected chi connectivity index (χ4v) is 3.43. The Morgan fingerprint density at radius 3 is 2.58 bits per heavy atom. The van der Waals surface area contributed by atoms with Gasteiger partial charge in [-0.15, -0.1) is 0 Å². The van der Waals surface area contributed by atoms with Gasteiger partial charge in [0.1, 0.15) is 12.4 Å². The van der Waals surface area contributed by atoms with Gasteiger partial charge in [0, 0.05) is 28.9 Å². The molecule has 0 amide bonds. The zero-order valence-corrected chi connectivity index (χ0v) is 17.5. The van der Waals surface area contributed by atoms with Gasteiger partial charge in [0.05, 0.1) is 10.6 Å². The average molecular weight is 431 g/mol. The lowest BCUT2D eigenvalue weighted by molar-refractivity contribution is -0.384. The van der Waals surface area contributed by atoms with Crippen LogP contribution in [0.15, 0.2) is 83.9 Å². The average Bonchev–Trinajstić information content (AvgIpc) is 2.78. The van der Waals surface area contributed by atoms with Crippen LogP contribution in [0.5, 0.6) is 5.75 Å². The van der Waals surface area contributed by atoms with Crippen LogP contribution in [0.4, 0.5) is 11.4 Å². The van der Waals surface area contributed by atoms with E-state index in [4.69, 9.17) is 16.3 Å². The number of benzene rings is 4. The summed E-state index contributed by atoms with van der Waals surface area (Å²) in [6.07, 6.45) is 1.80. The van der Waals surface area contributed by atoms with Crippen molar-refractivity contribution in [1.29, 1.82) is 0 Å². The maximum Gasteiger partial charge on any atom is 0.269 e. The lowest BCUT2D eigenvalue weighted by Gasteiger charge is -2.12. The number of non-ortho nitro benzene ring substituents is 1. The van der Waals surface area contributed by atoms with Gasteiger partial charge >= 0.3 is 0 Å². The first-order valence-electron chi connectivity index (χ1n) is 9.69. The van der Waals surface area contributed by atoms with Crippen molar-refractivity contribution in [2.24, 2.45) is 4.99 Å². The number of fused-ring (bicyclic) bond motifs is 1. The van der Waals surface area contributed by atoms with Crippen LogP contribution in [0.3, 0.4) is 0 Å². The number of hydrogen-bond donors (Lipinski definition) is 0. The van der Waals surface area contributed by atoms with Crippen LogP contribution in [-0.4, -0.2) is 11.1 Å². The summed E-state index contributed by atoms with van der Waals surface area (Å²) >= 11 is 6.13. The minimum atomic E-state index is -0.416. The van der Waals surface area contributed by atoms with Gasteiger partial charge in [-0.05, 0) is 59.2 Å². The first-order chi connectivity index (χ1) is 15.0. The van der Waals surface area contributed by atoms with Crippen molar-refractivity contribution in [3.63, 3.8) is 0 Å². The lowest BCUT2D eigenvalue weighted by Crippen LogP contribution is -1.99. The van der Waals surface area contributed by atoms with Crippen molar-refractivity contribution in [2.75, 3.05) is 0 Å². The number of nitrogens with zero attached hydrogens (tertiary/aromatic N) is 2. The Morgan fingerprint density at radius 2 is 1.81 bits per heavy atom. The number of nitro groups is 1. The molecule has 0 radical (unpaired) electrons. The number of rotatable bonds is 6. The third-order valence-electron chi connectivity index (χ3n) is 4.98. The minimum absolute atomic E-state index is 0.0548. The maximum absolute atomic E-state index is 10.8.